The maximum absolute atomic E-state index is 11.9. The Hall–Kier alpha value is 0.0769. The van der Waals surface area contributed by atoms with Crippen LogP contribution in [0.1, 0.15) is 64.7 Å². The number of halogens is 2. The van der Waals surface area contributed by atoms with Gasteiger partial charge in [0.1, 0.15) is 0 Å². The topological polar surface area (TPSA) is 0 Å². The van der Waals surface area contributed by atoms with Gasteiger partial charge in [-0.05, 0) is 6.04 Å². The summed E-state index contributed by atoms with van der Waals surface area (Å²) < 4.78 is 23.8. The first kappa shape index (κ1) is 14.1. The van der Waals surface area contributed by atoms with E-state index < -0.39 is 9.46 Å². The second-order valence-corrected chi connectivity index (χ2v) is 5.37. The van der Waals surface area contributed by atoms with Crippen LogP contribution in [-0.4, -0.2) is 9.46 Å². The molecule has 0 aromatic rings. The summed E-state index contributed by atoms with van der Waals surface area (Å²) in [5.74, 6) is 0. The van der Waals surface area contributed by atoms with Crippen LogP contribution in [0.25, 0.3) is 0 Å². The highest BCUT2D eigenvalue weighted by Crippen LogP contribution is 2.11. The van der Waals surface area contributed by atoms with E-state index in [0.29, 0.717) is 0 Å². The molecular formula is C11H24F2Si. The van der Waals surface area contributed by atoms with Gasteiger partial charge >= 0.3 is 9.46 Å². The molecule has 0 saturated carbocycles. The third kappa shape index (κ3) is 12.1. The lowest BCUT2D eigenvalue weighted by atomic mass is 10.1. The Morgan fingerprint density at radius 3 is 1.57 bits per heavy atom. The molecule has 0 unspecified atom stereocenters. The summed E-state index contributed by atoms with van der Waals surface area (Å²) in [7, 11) is -3.24. The highest BCUT2D eigenvalue weighted by Gasteiger charge is 2.05. The molecule has 14 heavy (non-hydrogen) atoms. The van der Waals surface area contributed by atoms with Crippen molar-refractivity contribution in [3.63, 3.8) is 0 Å². The van der Waals surface area contributed by atoms with Crippen LogP contribution in [0.3, 0.4) is 0 Å². The molecule has 0 atom stereocenters. The van der Waals surface area contributed by atoms with Crippen LogP contribution < -0.4 is 0 Å². The van der Waals surface area contributed by atoms with Gasteiger partial charge in [-0.3, -0.25) is 8.22 Å². The zero-order chi connectivity index (χ0) is 10.6. The average Bonchev–Trinajstić information content (AvgIpc) is 2.15. The molecule has 0 heterocycles. The van der Waals surface area contributed by atoms with E-state index in [4.69, 9.17) is 0 Å². The van der Waals surface area contributed by atoms with Gasteiger partial charge in [0, 0.05) is 0 Å². The average molecular weight is 222 g/mol. The molecule has 0 aliphatic rings. The molecule has 3 heteroatoms. The normalized spacial score (nSPS) is 11.1. The minimum absolute atomic E-state index is 0.232. The molecule has 0 aromatic carbocycles. The quantitative estimate of drug-likeness (QED) is 0.286. The fourth-order valence-corrected chi connectivity index (χ4v) is 2.21. The minimum Gasteiger partial charge on any atom is -0.275 e. The van der Waals surface area contributed by atoms with E-state index in [1.54, 1.807) is 0 Å². The van der Waals surface area contributed by atoms with Crippen molar-refractivity contribution in [3.05, 3.63) is 0 Å². The van der Waals surface area contributed by atoms with Crippen LogP contribution in [0.5, 0.6) is 0 Å². The summed E-state index contributed by atoms with van der Waals surface area (Å²) in [6.45, 7) is 2.22. The van der Waals surface area contributed by atoms with Crippen molar-refractivity contribution in [2.75, 3.05) is 0 Å². The van der Waals surface area contributed by atoms with Crippen molar-refractivity contribution in [3.8, 4) is 0 Å². The second-order valence-electron chi connectivity index (χ2n) is 4.01. The summed E-state index contributed by atoms with van der Waals surface area (Å²) in [5, 5.41) is 0. The van der Waals surface area contributed by atoms with Crippen LogP contribution in [0, 0.1) is 0 Å². The summed E-state index contributed by atoms with van der Waals surface area (Å²) in [5.41, 5.74) is 0. The van der Waals surface area contributed by atoms with Crippen LogP contribution in [-0.2, 0) is 0 Å². The van der Waals surface area contributed by atoms with E-state index in [1.807, 2.05) is 0 Å². The molecule has 0 amide bonds. The van der Waals surface area contributed by atoms with E-state index in [-0.39, 0.29) is 6.04 Å². The van der Waals surface area contributed by atoms with Gasteiger partial charge in [0.25, 0.3) is 0 Å². The monoisotopic (exact) mass is 222 g/mol. The molecular weight excluding hydrogens is 198 g/mol. The van der Waals surface area contributed by atoms with Gasteiger partial charge in [0.2, 0.25) is 0 Å². The van der Waals surface area contributed by atoms with Crippen molar-refractivity contribution < 1.29 is 8.22 Å². The van der Waals surface area contributed by atoms with Crippen LogP contribution in [0.2, 0.25) is 6.04 Å². The number of rotatable bonds is 10. The van der Waals surface area contributed by atoms with E-state index in [0.717, 1.165) is 19.3 Å². The van der Waals surface area contributed by atoms with Gasteiger partial charge in [-0.2, -0.15) is 0 Å². The summed E-state index contributed by atoms with van der Waals surface area (Å²) in [6.07, 6.45) is 10.8. The van der Waals surface area contributed by atoms with E-state index in [9.17, 15) is 8.22 Å². The number of unbranched alkanes of at least 4 members (excludes halogenated alkanes) is 8. The van der Waals surface area contributed by atoms with E-state index >= 15 is 0 Å². The molecule has 0 fully saturated rings. The largest absolute Gasteiger partial charge is 0.411 e. The fourth-order valence-electron chi connectivity index (χ4n) is 1.61. The van der Waals surface area contributed by atoms with Crippen molar-refractivity contribution >= 4 is 9.46 Å². The third-order valence-corrected chi connectivity index (χ3v) is 3.37. The predicted octanol–water partition coefficient (Wildman–Crippen LogP) is 4.68. The highest BCUT2D eigenvalue weighted by atomic mass is 28.4. The Morgan fingerprint density at radius 1 is 0.714 bits per heavy atom. The third-order valence-electron chi connectivity index (χ3n) is 2.53. The van der Waals surface area contributed by atoms with Gasteiger partial charge in [-0.25, -0.2) is 0 Å². The maximum atomic E-state index is 11.9. The standard InChI is InChI=1S/C11H24F2Si/c1-2-3-4-5-6-7-8-9-10-11-14(12)13/h14H,2-11H2,1H3. The molecule has 0 bridgehead atoms. The molecule has 0 rings (SSSR count). The lowest BCUT2D eigenvalue weighted by molar-refractivity contribution is 0.564. The smallest absolute Gasteiger partial charge is 0.275 e. The zero-order valence-electron chi connectivity index (χ0n) is 9.40. The van der Waals surface area contributed by atoms with Crippen molar-refractivity contribution in [1.82, 2.24) is 0 Å². The Kier molecular flexibility index (Phi) is 11.2. The SMILES string of the molecule is CCCCCCCCCCC[SiH](F)F. The van der Waals surface area contributed by atoms with Gasteiger partial charge in [-0.15, -0.1) is 0 Å². The second kappa shape index (κ2) is 11.2. The molecule has 0 N–H and O–H groups in total. The van der Waals surface area contributed by atoms with Gasteiger partial charge in [-0.1, -0.05) is 64.7 Å². The Balaban J connectivity index is 2.85. The molecule has 0 aliphatic heterocycles. The van der Waals surface area contributed by atoms with E-state index in [2.05, 4.69) is 6.92 Å². The van der Waals surface area contributed by atoms with Crippen LogP contribution >= 0.6 is 0 Å². The molecule has 0 aliphatic carbocycles. The molecule has 86 valence electrons. The Labute approximate surface area is 89.0 Å². The fraction of sp³-hybridized carbons (Fsp3) is 1.00. The molecule has 0 saturated heterocycles. The lowest BCUT2D eigenvalue weighted by Crippen LogP contribution is -1.94. The number of hydrogen-bond acceptors (Lipinski definition) is 0. The van der Waals surface area contributed by atoms with Gasteiger partial charge in [0.05, 0.1) is 0 Å². The minimum atomic E-state index is -3.24. The van der Waals surface area contributed by atoms with Crippen molar-refractivity contribution in [2.45, 2.75) is 70.8 Å². The first-order valence-corrected chi connectivity index (χ1v) is 7.74. The summed E-state index contributed by atoms with van der Waals surface area (Å²) in [4.78, 5) is 0. The van der Waals surface area contributed by atoms with E-state index in [1.165, 1.54) is 38.5 Å². The first-order valence-electron chi connectivity index (χ1n) is 6.05. The summed E-state index contributed by atoms with van der Waals surface area (Å²) >= 11 is 0. The maximum Gasteiger partial charge on any atom is 0.411 e. The molecule has 0 nitrogen and oxygen atoms in total. The number of hydrogen-bond donors (Lipinski definition) is 0. The summed E-state index contributed by atoms with van der Waals surface area (Å²) in [6, 6.07) is 0.232. The zero-order valence-corrected chi connectivity index (χ0v) is 10.6. The molecule has 0 radical (unpaired) electrons. The van der Waals surface area contributed by atoms with Gasteiger partial charge < -0.3 is 0 Å². The van der Waals surface area contributed by atoms with Gasteiger partial charge in [0.15, 0.2) is 0 Å². The first-order chi connectivity index (χ1) is 6.77. The Bertz CT molecular complexity index is 107. The van der Waals surface area contributed by atoms with Crippen LogP contribution in [0.15, 0.2) is 0 Å². The van der Waals surface area contributed by atoms with Crippen LogP contribution in [0.4, 0.5) is 8.22 Å². The predicted molar refractivity (Wildman–Crippen MR) is 61.4 cm³/mol. The van der Waals surface area contributed by atoms with Crippen molar-refractivity contribution in [2.24, 2.45) is 0 Å². The van der Waals surface area contributed by atoms with Crippen molar-refractivity contribution in [1.29, 1.82) is 0 Å². The molecule has 0 aromatic heterocycles. The lowest BCUT2D eigenvalue weighted by Gasteiger charge is -2.01. The highest BCUT2D eigenvalue weighted by molar-refractivity contribution is 6.42. The Morgan fingerprint density at radius 2 is 1.14 bits per heavy atom. The molecule has 0 spiro atoms.